The molecule has 0 aliphatic heterocycles. The van der Waals surface area contributed by atoms with Gasteiger partial charge in [-0.2, -0.15) is 13.2 Å². The summed E-state index contributed by atoms with van der Waals surface area (Å²) in [6.45, 7) is 1.15. The first-order valence-electron chi connectivity index (χ1n) is 6.66. The molecule has 0 spiro atoms. The first-order valence-corrected chi connectivity index (χ1v) is 7.48. The number of aryl methyl sites for hydroxylation is 1. The van der Waals surface area contributed by atoms with Crippen molar-refractivity contribution in [2.75, 3.05) is 40.0 Å². The maximum absolute atomic E-state index is 11.9. The fourth-order valence-corrected chi connectivity index (χ4v) is 2.37. The van der Waals surface area contributed by atoms with E-state index < -0.39 is 12.8 Å². The molecule has 0 aliphatic carbocycles. The van der Waals surface area contributed by atoms with E-state index in [1.807, 2.05) is 0 Å². The summed E-state index contributed by atoms with van der Waals surface area (Å²) in [6.07, 6.45) is -2.17. The smallest absolute Gasteiger partial charge is 0.383 e. The summed E-state index contributed by atoms with van der Waals surface area (Å²) >= 11 is 1.42. The van der Waals surface area contributed by atoms with Crippen LogP contribution in [0.3, 0.4) is 0 Å². The van der Waals surface area contributed by atoms with Crippen molar-refractivity contribution >= 4 is 11.3 Å². The van der Waals surface area contributed by atoms with Gasteiger partial charge in [0.2, 0.25) is 0 Å². The molecule has 0 bridgehead atoms. The lowest BCUT2D eigenvalue weighted by molar-refractivity contribution is -0.173. The maximum Gasteiger partial charge on any atom is 0.411 e. The van der Waals surface area contributed by atoms with Gasteiger partial charge in [0.05, 0.1) is 13.2 Å². The van der Waals surface area contributed by atoms with Gasteiger partial charge < -0.3 is 14.8 Å². The van der Waals surface area contributed by atoms with Crippen molar-refractivity contribution in [3.05, 3.63) is 10.0 Å². The Balaban J connectivity index is 2.09. The van der Waals surface area contributed by atoms with E-state index in [0.717, 1.165) is 30.9 Å². The number of methoxy groups -OCH3 is 1. The zero-order chi connectivity index (χ0) is 15.6. The molecule has 1 rings (SSSR count). The highest BCUT2D eigenvalue weighted by Gasteiger charge is 2.27. The quantitative estimate of drug-likeness (QED) is 0.629. The molecular formula is C12H20F3N3O2S. The summed E-state index contributed by atoms with van der Waals surface area (Å²) in [5.74, 6) is 0. The molecule has 21 heavy (non-hydrogen) atoms. The Bertz CT molecular complexity index is 388. The summed E-state index contributed by atoms with van der Waals surface area (Å²) in [5, 5.41) is 12.8. The van der Waals surface area contributed by atoms with Crippen molar-refractivity contribution < 1.29 is 22.6 Å². The van der Waals surface area contributed by atoms with E-state index in [0.29, 0.717) is 18.0 Å². The number of rotatable bonds is 11. The number of hydrogen-bond acceptors (Lipinski definition) is 6. The number of nitrogens with one attached hydrogen (secondary N) is 1. The monoisotopic (exact) mass is 327 g/mol. The van der Waals surface area contributed by atoms with Crippen LogP contribution in [0.15, 0.2) is 0 Å². The SMILES string of the molecule is COCCNCCCc1nnc(CCOCC(F)(F)F)s1. The van der Waals surface area contributed by atoms with Gasteiger partial charge in [0.1, 0.15) is 16.6 Å². The highest BCUT2D eigenvalue weighted by Crippen LogP contribution is 2.15. The minimum atomic E-state index is -4.28. The zero-order valence-electron chi connectivity index (χ0n) is 11.9. The van der Waals surface area contributed by atoms with E-state index in [4.69, 9.17) is 4.74 Å². The van der Waals surface area contributed by atoms with Crippen molar-refractivity contribution in [2.45, 2.75) is 25.4 Å². The van der Waals surface area contributed by atoms with Gasteiger partial charge in [-0.25, -0.2) is 0 Å². The van der Waals surface area contributed by atoms with Gasteiger partial charge in [-0.05, 0) is 13.0 Å². The highest BCUT2D eigenvalue weighted by atomic mass is 32.1. The number of hydrogen-bond donors (Lipinski definition) is 1. The van der Waals surface area contributed by atoms with Gasteiger partial charge in [-0.15, -0.1) is 21.5 Å². The maximum atomic E-state index is 11.9. The summed E-state index contributed by atoms with van der Waals surface area (Å²) in [4.78, 5) is 0. The molecule has 0 aromatic carbocycles. The number of alkyl halides is 3. The molecule has 9 heteroatoms. The average molecular weight is 327 g/mol. The molecule has 1 aromatic rings. The summed E-state index contributed by atoms with van der Waals surface area (Å²) in [7, 11) is 1.66. The molecule has 0 aliphatic rings. The molecule has 122 valence electrons. The van der Waals surface area contributed by atoms with Gasteiger partial charge in [0.25, 0.3) is 0 Å². The second kappa shape index (κ2) is 10.0. The number of halogens is 3. The lowest BCUT2D eigenvalue weighted by Gasteiger charge is -2.05. The van der Waals surface area contributed by atoms with E-state index in [1.54, 1.807) is 7.11 Å². The molecule has 1 aromatic heterocycles. The minimum Gasteiger partial charge on any atom is -0.383 e. The molecule has 0 atom stereocenters. The van der Waals surface area contributed by atoms with Gasteiger partial charge in [-0.1, -0.05) is 0 Å². The van der Waals surface area contributed by atoms with E-state index in [9.17, 15) is 13.2 Å². The van der Waals surface area contributed by atoms with Crippen LogP contribution < -0.4 is 5.32 Å². The van der Waals surface area contributed by atoms with Crippen LogP contribution in [0.1, 0.15) is 16.4 Å². The van der Waals surface area contributed by atoms with Crippen LogP contribution in [-0.2, 0) is 22.3 Å². The molecule has 0 amide bonds. The Kier molecular flexibility index (Phi) is 8.74. The predicted octanol–water partition coefficient (Wildman–Crippen LogP) is 1.83. The standard InChI is InChI=1S/C12H20F3N3O2S/c1-19-8-6-16-5-2-3-10-17-18-11(21-10)4-7-20-9-12(13,14)15/h16H,2-9H2,1H3. The van der Waals surface area contributed by atoms with Gasteiger partial charge >= 0.3 is 6.18 Å². The van der Waals surface area contributed by atoms with Crippen molar-refractivity contribution in [1.29, 1.82) is 0 Å². The largest absolute Gasteiger partial charge is 0.411 e. The third-order valence-electron chi connectivity index (χ3n) is 2.46. The van der Waals surface area contributed by atoms with E-state index >= 15 is 0 Å². The Morgan fingerprint density at radius 1 is 1.10 bits per heavy atom. The molecule has 1 heterocycles. The molecule has 0 radical (unpaired) electrons. The average Bonchev–Trinajstić information content (AvgIpc) is 2.86. The number of ether oxygens (including phenoxy) is 2. The summed E-state index contributed by atoms with van der Waals surface area (Å²) in [6, 6.07) is 0. The van der Waals surface area contributed by atoms with Crippen LogP contribution in [0.4, 0.5) is 13.2 Å². The Morgan fingerprint density at radius 3 is 2.48 bits per heavy atom. The highest BCUT2D eigenvalue weighted by molar-refractivity contribution is 7.11. The lowest BCUT2D eigenvalue weighted by Crippen LogP contribution is -2.20. The van der Waals surface area contributed by atoms with E-state index in [1.165, 1.54) is 11.3 Å². The van der Waals surface area contributed by atoms with E-state index in [2.05, 4.69) is 20.3 Å². The Hall–Kier alpha value is -0.770. The Morgan fingerprint density at radius 2 is 1.81 bits per heavy atom. The molecule has 0 fully saturated rings. The van der Waals surface area contributed by atoms with Crippen LogP contribution in [0, 0.1) is 0 Å². The second-order valence-corrected chi connectivity index (χ2v) is 5.50. The lowest BCUT2D eigenvalue weighted by atomic mass is 10.3. The molecule has 1 N–H and O–H groups in total. The van der Waals surface area contributed by atoms with Crippen LogP contribution >= 0.6 is 11.3 Å². The fourth-order valence-electron chi connectivity index (χ4n) is 1.50. The first kappa shape index (κ1) is 18.3. The normalized spacial score (nSPS) is 12.0. The van der Waals surface area contributed by atoms with Crippen molar-refractivity contribution in [2.24, 2.45) is 0 Å². The van der Waals surface area contributed by atoms with E-state index in [-0.39, 0.29) is 6.61 Å². The predicted molar refractivity (Wildman–Crippen MR) is 73.6 cm³/mol. The summed E-state index contributed by atoms with van der Waals surface area (Å²) < 4.78 is 45.1. The van der Waals surface area contributed by atoms with Crippen molar-refractivity contribution in [1.82, 2.24) is 15.5 Å². The van der Waals surface area contributed by atoms with Gasteiger partial charge in [0, 0.05) is 26.5 Å². The fraction of sp³-hybridized carbons (Fsp3) is 0.833. The third-order valence-corrected chi connectivity index (χ3v) is 3.50. The van der Waals surface area contributed by atoms with Crippen molar-refractivity contribution in [3.63, 3.8) is 0 Å². The minimum absolute atomic E-state index is 0.00666. The zero-order valence-corrected chi connectivity index (χ0v) is 12.7. The first-order chi connectivity index (χ1) is 10.0. The number of nitrogens with zero attached hydrogens (tertiary/aromatic N) is 2. The van der Waals surface area contributed by atoms with Gasteiger partial charge in [0.15, 0.2) is 0 Å². The van der Waals surface area contributed by atoms with Crippen LogP contribution in [-0.4, -0.2) is 56.4 Å². The van der Waals surface area contributed by atoms with Crippen LogP contribution in [0.25, 0.3) is 0 Å². The molecule has 0 saturated carbocycles. The van der Waals surface area contributed by atoms with Crippen LogP contribution in [0.2, 0.25) is 0 Å². The second-order valence-electron chi connectivity index (χ2n) is 4.35. The Labute approximate surface area is 125 Å². The van der Waals surface area contributed by atoms with Crippen LogP contribution in [0.5, 0.6) is 0 Å². The molecular weight excluding hydrogens is 307 g/mol. The molecule has 5 nitrogen and oxygen atoms in total. The molecule has 0 saturated heterocycles. The third kappa shape index (κ3) is 9.72. The number of aromatic nitrogens is 2. The van der Waals surface area contributed by atoms with Gasteiger partial charge in [-0.3, -0.25) is 0 Å². The summed E-state index contributed by atoms with van der Waals surface area (Å²) in [5.41, 5.74) is 0. The molecule has 0 unspecified atom stereocenters. The topological polar surface area (TPSA) is 56.3 Å². The van der Waals surface area contributed by atoms with Crippen molar-refractivity contribution in [3.8, 4) is 0 Å².